The van der Waals surface area contributed by atoms with Crippen molar-refractivity contribution in [2.45, 2.75) is 0 Å². The Morgan fingerprint density at radius 1 is 1.71 bits per heavy atom. The Morgan fingerprint density at radius 2 is 2.14 bits per heavy atom. The molecule has 0 heterocycles. The Labute approximate surface area is 45.1 Å². The van der Waals surface area contributed by atoms with Gasteiger partial charge in [0.15, 0.2) is 0 Å². The lowest BCUT2D eigenvalue weighted by Gasteiger charge is -1.85. The van der Waals surface area contributed by atoms with Gasteiger partial charge < -0.3 is 9.79 Å². The SMILES string of the molecule is O=P(O)(O)N=C=S. The van der Waals surface area contributed by atoms with E-state index in [4.69, 9.17) is 9.79 Å². The summed E-state index contributed by atoms with van der Waals surface area (Å²) in [6.45, 7) is 0. The average Bonchev–Trinajstić information content (AvgIpc) is 1.30. The Hall–Kier alpha value is -0.0500. The largest absolute Gasteiger partial charge is 0.457 e. The van der Waals surface area contributed by atoms with Crippen LogP contribution in [0.5, 0.6) is 0 Å². The van der Waals surface area contributed by atoms with Gasteiger partial charge in [-0.05, 0) is 12.2 Å². The van der Waals surface area contributed by atoms with Crippen molar-refractivity contribution in [2.75, 3.05) is 0 Å². The lowest BCUT2D eigenvalue weighted by molar-refractivity contribution is 0.375. The highest BCUT2D eigenvalue weighted by atomic mass is 32.1. The first-order chi connectivity index (χ1) is 3.06. The summed E-state index contributed by atoms with van der Waals surface area (Å²) in [6, 6.07) is 0. The first kappa shape index (κ1) is 6.95. The van der Waals surface area contributed by atoms with Crippen LogP contribution in [0.4, 0.5) is 0 Å². The summed E-state index contributed by atoms with van der Waals surface area (Å²) in [5.41, 5.74) is 0. The van der Waals surface area contributed by atoms with E-state index in [0.29, 0.717) is 0 Å². The summed E-state index contributed by atoms with van der Waals surface area (Å²) in [5.74, 6) is 0. The predicted octanol–water partition coefficient (Wildman–Crippen LogP) is 0.182. The van der Waals surface area contributed by atoms with Crippen LogP contribution in [0.1, 0.15) is 0 Å². The highest BCUT2D eigenvalue weighted by Crippen LogP contribution is 2.34. The fourth-order valence-electron chi connectivity index (χ4n) is 0.0532. The van der Waals surface area contributed by atoms with Crippen molar-refractivity contribution in [3.8, 4) is 0 Å². The summed E-state index contributed by atoms with van der Waals surface area (Å²) in [4.78, 5) is 15.7. The summed E-state index contributed by atoms with van der Waals surface area (Å²) in [6.07, 6.45) is 0. The molecule has 0 aliphatic rings. The number of hydrogen-bond acceptors (Lipinski definition) is 2. The van der Waals surface area contributed by atoms with Crippen molar-refractivity contribution >= 4 is 25.1 Å². The number of nitrogens with zero attached hydrogens (tertiary/aromatic N) is 1. The Balaban J connectivity index is 4.10. The monoisotopic (exact) mass is 139 g/mol. The molecule has 0 aliphatic carbocycles. The molecular weight excluding hydrogens is 137 g/mol. The van der Waals surface area contributed by atoms with Gasteiger partial charge in [-0.1, -0.05) is 0 Å². The van der Waals surface area contributed by atoms with Gasteiger partial charge in [-0.2, -0.15) is 0 Å². The standard InChI is InChI=1S/CH2NO3PS/c3-6(4,5)2-1-7/h(H2,3,4,5). The van der Waals surface area contributed by atoms with Gasteiger partial charge in [-0.3, -0.25) is 0 Å². The van der Waals surface area contributed by atoms with Crippen molar-refractivity contribution in [1.29, 1.82) is 0 Å². The molecule has 0 bridgehead atoms. The topological polar surface area (TPSA) is 69.9 Å². The lowest BCUT2D eigenvalue weighted by Crippen LogP contribution is -1.65. The van der Waals surface area contributed by atoms with E-state index in [0.717, 1.165) is 0 Å². The summed E-state index contributed by atoms with van der Waals surface area (Å²) >= 11 is 3.89. The Morgan fingerprint density at radius 3 is 2.14 bits per heavy atom. The van der Waals surface area contributed by atoms with E-state index in [1.54, 1.807) is 5.16 Å². The molecule has 2 N–H and O–H groups in total. The summed E-state index contributed by atoms with van der Waals surface area (Å²) in [5, 5.41) is 1.55. The maximum absolute atomic E-state index is 9.63. The van der Waals surface area contributed by atoms with Crippen LogP contribution in [-0.2, 0) is 4.57 Å². The maximum Gasteiger partial charge on any atom is 0.457 e. The smallest absolute Gasteiger partial charge is 0.306 e. The second-order valence-electron chi connectivity index (χ2n) is 0.705. The van der Waals surface area contributed by atoms with Gasteiger partial charge in [0.2, 0.25) is 0 Å². The Bertz CT molecular complexity index is 143. The third-order valence-corrected chi connectivity index (χ3v) is 0.758. The molecular formula is CH2NO3PS. The van der Waals surface area contributed by atoms with E-state index in [1.807, 2.05) is 0 Å². The number of hydrogen-bond donors (Lipinski definition) is 2. The van der Waals surface area contributed by atoms with E-state index in [9.17, 15) is 4.57 Å². The first-order valence-corrected chi connectivity index (χ1v) is 3.18. The van der Waals surface area contributed by atoms with Crippen LogP contribution in [0.2, 0.25) is 0 Å². The summed E-state index contributed by atoms with van der Waals surface area (Å²) in [7, 11) is -4.26. The molecule has 0 spiro atoms. The van der Waals surface area contributed by atoms with Gasteiger partial charge in [0.05, 0.1) is 5.16 Å². The minimum Gasteiger partial charge on any atom is -0.306 e. The molecule has 0 saturated heterocycles. The molecule has 0 fully saturated rings. The third-order valence-electron chi connectivity index (χ3n) is 0.171. The molecule has 0 saturated carbocycles. The molecule has 0 aromatic rings. The highest BCUT2D eigenvalue weighted by molar-refractivity contribution is 7.78. The Kier molecular flexibility index (Phi) is 2.29. The zero-order chi connectivity index (χ0) is 5.91. The van der Waals surface area contributed by atoms with Gasteiger partial charge in [-0.15, -0.1) is 4.76 Å². The predicted molar refractivity (Wildman–Crippen MR) is 27.1 cm³/mol. The second kappa shape index (κ2) is 2.31. The van der Waals surface area contributed by atoms with Gasteiger partial charge in [0, 0.05) is 0 Å². The molecule has 7 heavy (non-hydrogen) atoms. The molecule has 40 valence electrons. The molecule has 0 aromatic heterocycles. The van der Waals surface area contributed by atoms with Gasteiger partial charge >= 0.3 is 7.75 Å². The van der Waals surface area contributed by atoms with Crippen LogP contribution in [0.15, 0.2) is 4.76 Å². The van der Waals surface area contributed by atoms with E-state index < -0.39 is 7.75 Å². The quantitative estimate of drug-likeness (QED) is 0.309. The van der Waals surface area contributed by atoms with E-state index in [2.05, 4.69) is 17.0 Å². The second-order valence-corrected chi connectivity index (χ2v) is 2.11. The van der Waals surface area contributed by atoms with Crippen LogP contribution in [0.3, 0.4) is 0 Å². The lowest BCUT2D eigenvalue weighted by atomic mass is 11.8. The molecule has 0 amide bonds. The van der Waals surface area contributed by atoms with Crippen molar-refractivity contribution in [2.24, 2.45) is 4.76 Å². The number of thiocarbonyl (C=S) groups is 1. The van der Waals surface area contributed by atoms with E-state index in [1.165, 1.54) is 0 Å². The molecule has 0 atom stereocenters. The average molecular weight is 139 g/mol. The normalized spacial score (nSPS) is 10.0. The third kappa shape index (κ3) is 5.95. The van der Waals surface area contributed by atoms with Crippen LogP contribution >= 0.6 is 20.0 Å². The first-order valence-electron chi connectivity index (χ1n) is 1.21. The minimum atomic E-state index is -4.26. The van der Waals surface area contributed by atoms with Gasteiger partial charge in [0.25, 0.3) is 0 Å². The van der Waals surface area contributed by atoms with E-state index >= 15 is 0 Å². The fraction of sp³-hybridized carbons (Fsp3) is 0. The zero-order valence-electron chi connectivity index (χ0n) is 3.11. The minimum absolute atomic E-state index is 1.55. The van der Waals surface area contributed by atoms with Crippen molar-refractivity contribution in [3.63, 3.8) is 0 Å². The fourth-order valence-corrected chi connectivity index (χ4v) is 0.479. The molecule has 0 radical (unpaired) electrons. The van der Waals surface area contributed by atoms with Crippen molar-refractivity contribution < 1.29 is 14.4 Å². The van der Waals surface area contributed by atoms with Crippen LogP contribution in [-0.4, -0.2) is 14.9 Å². The van der Waals surface area contributed by atoms with Crippen LogP contribution in [0.25, 0.3) is 0 Å². The number of rotatable bonds is 1. The molecule has 0 unspecified atom stereocenters. The molecule has 6 heteroatoms. The molecule has 0 aliphatic heterocycles. The van der Waals surface area contributed by atoms with Crippen LogP contribution < -0.4 is 0 Å². The maximum atomic E-state index is 9.63. The van der Waals surface area contributed by atoms with Crippen molar-refractivity contribution in [1.82, 2.24) is 0 Å². The molecule has 0 rings (SSSR count). The molecule has 0 aromatic carbocycles. The van der Waals surface area contributed by atoms with Gasteiger partial charge in [0.1, 0.15) is 0 Å². The van der Waals surface area contributed by atoms with Gasteiger partial charge in [-0.25, -0.2) is 4.57 Å². The highest BCUT2D eigenvalue weighted by Gasteiger charge is 2.06. The number of isothiocyanates is 1. The van der Waals surface area contributed by atoms with E-state index in [-0.39, 0.29) is 0 Å². The zero-order valence-corrected chi connectivity index (χ0v) is 4.82. The summed E-state index contributed by atoms with van der Waals surface area (Å²) < 4.78 is 12.1. The van der Waals surface area contributed by atoms with Crippen LogP contribution in [0, 0.1) is 0 Å². The van der Waals surface area contributed by atoms with Crippen molar-refractivity contribution in [3.05, 3.63) is 0 Å². The molecule has 4 nitrogen and oxygen atoms in total.